The third-order valence-electron chi connectivity index (χ3n) is 3.21. The number of rotatable bonds is 7. The predicted octanol–water partition coefficient (Wildman–Crippen LogP) is 4.01. The summed E-state index contributed by atoms with van der Waals surface area (Å²) in [5.74, 6) is 1.63. The van der Waals surface area contributed by atoms with Crippen molar-refractivity contribution in [3.63, 3.8) is 0 Å². The predicted molar refractivity (Wildman–Crippen MR) is 98.7 cm³/mol. The largest absolute Gasteiger partial charge is 0.482 e. The lowest BCUT2D eigenvalue weighted by Crippen LogP contribution is -2.21. The highest BCUT2D eigenvalue weighted by Crippen LogP contribution is 2.27. The number of nitrogens with zero attached hydrogens (tertiary/aromatic N) is 2. The van der Waals surface area contributed by atoms with Crippen LogP contribution in [0.25, 0.3) is 0 Å². The number of ether oxygens (including phenoxy) is 1. The Morgan fingerprint density at radius 1 is 1.12 bits per heavy atom. The molecule has 2 N–H and O–H groups in total. The minimum absolute atomic E-state index is 0.221. The summed E-state index contributed by atoms with van der Waals surface area (Å²) in [6.45, 7) is 0.268. The Morgan fingerprint density at radius 3 is 2.62 bits per heavy atom. The van der Waals surface area contributed by atoms with Crippen molar-refractivity contribution in [2.24, 2.45) is 0 Å². The van der Waals surface area contributed by atoms with Crippen molar-refractivity contribution in [3.8, 4) is 5.75 Å². The Balaban J connectivity index is 1.48. The lowest BCUT2D eigenvalue weighted by Gasteiger charge is -2.09. The Kier molecular flexibility index (Phi) is 5.93. The molecule has 0 radical (unpaired) electrons. The van der Waals surface area contributed by atoms with Gasteiger partial charge in [-0.2, -0.15) is 0 Å². The van der Waals surface area contributed by atoms with E-state index in [1.54, 1.807) is 36.6 Å². The smallest absolute Gasteiger partial charge is 0.263 e. The van der Waals surface area contributed by atoms with Crippen LogP contribution in [0.5, 0.6) is 5.75 Å². The molecule has 3 aromatic rings. The maximum absolute atomic E-state index is 11.9. The molecule has 0 spiro atoms. The topological polar surface area (TPSA) is 89.3 Å². The minimum Gasteiger partial charge on any atom is -0.482 e. The van der Waals surface area contributed by atoms with Gasteiger partial charge in [0.1, 0.15) is 17.3 Å². The molecular weight excluding hydrogens is 379 g/mol. The van der Waals surface area contributed by atoms with E-state index < -0.39 is 0 Å². The van der Waals surface area contributed by atoms with E-state index in [1.807, 2.05) is 6.07 Å². The quantitative estimate of drug-likeness (QED) is 0.631. The zero-order chi connectivity index (χ0) is 18.4. The van der Waals surface area contributed by atoms with Crippen LogP contribution in [-0.4, -0.2) is 22.7 Å². The molecule has 2 aromatic heterocycles. The van der Waals surface area contributed by atoms with Gasteiger partial charge < -0.3 is 19.8 Å². The molecule has 0 saturated carbocycles. The number of halogens is 2. The van der Waals surface area contributed by atoms with Crippen molar-refractivity contribution < 1.29 is 13.9 Å². The lowest BCUT2D eigenvalue weighted by molar-refractivity contribution is -0.118. The molecule has 0 bridgehead atoms. The lowest BCUT2D eigenvalue weighted by atomic mass is 10.3. The number of carbonyl (C=O) groups excluding carboxylic acids is 1. The number of hydrogen-bond acceptors (Lipinski definition) is 6. The van der Waals surface area contributed by atoms with Crippen LogP contribution in [0.15, 0.2) is 53.1 Å². The molecule has 0 atom stereocenters. The van der Waals surface area contributed by atoms with Crippen molar-refractivity contribution in [1.82, 2.24) is 10.2 Å². The monoisotopic (exact) mass is 392 g/mol. The van der Waals surface area contributed by atoms with Gasteiger partial charge in [-0.05, 0) is 42.5 Å². The van der Waals surface area contributed by atoms with Gasteiger partial charge in [0.15, 0.2) is 12.4 Å². The van der Waals surface area contributed by atoms with E-state index in [0.29, 0.717) is 34.0 Å². The van der Waals surface area contributed by atoms with Gasteiger partial charge in [0.2, 0.25) is 0 Å². The maximum atomic E-state index is 11.9. The fourth-order valence-corrected chi connectivity index (χ4v) is 2.46. The number of furan rings is 1. The Hall–Kier alpha value is -2.77. The van der Waals surface area contributed by atoms with E-state index in [-0.39, 0.29) is 12.5 Å². The van der Waals surface area contributed by atoms with Crippen LogP contribution in [-0.2, 0) is 11.3 Å². The molecule has 134 valence electrons. The second-order valence-corrected chi connectivity index (χ2v) is 5.99. The molecule has 0 unspecified atom stereocenters. The Bertz CT molecular complexity index is 870. The van der Waals surface area contributed by atoms with Crippen LogP contribution >= 0.6 is 23.2 Å². The average Bonchev–Trinajstić information content (AvgIpc) is 3.14. The van der Waals surface area contributed by atoms with Crippen LogP contribution in [0.4, 0.5) is 11.6 Å². The van der Waals surface area contributed by atoms with Crippen LogP contribution in [0.2, 0.25) is 10.0 Å². The summed E-state index contributed by atoms with van der Waals surface area (Å²) in [5, 5.41) is 14.4. The first-order valence-corrected chi connectivity index (χ1v) is 8.33. The van der Waals surface area contributed by atoms with Crippen molar-refractivity contribution in [3.05, 3.63) is 64.5 Å². The number of anilines is 2. The van der Waals surface area contributed by atoms with Crippen LogP contribution < -0.4 is 15.4 Å². The summed E-state index contributed by atoms with van der Waals surface area (Å²) in [6.07, 6.45) is 1.60. The van der Waals surface area contributed by atoms with E-state index in [4.69, 9.17) is 32.4 Å². The third kappa shape index (κ3) is 5.11. The number of amides is 1. The van der Waals surface area contributed by atoms with E-state index in [2.05, 4.69) is 20.8 Å². The molecular formula is C17H14Cl2N4O3. The second kappa shape index (κ2) is 8.55. The zero-order valence-corrected chi connectivity index (χ0v) is 14.9. The molecule has 2 heterocycles. The van der Waals surface area contributed by atoms with Crippen LogP contribution in [0.1, 0.15) is 5.76 Å². The molecule has 1 aromatic carbocycles. The summed E-state index contributed by atoms with van der Waals surface area (Å²) in [4.78, 5) is 11.9. The minimum atomic E-state index is -0.387. The molecule has 0 fully saturated rings. The van der Waals surface area contributed by atoms with E-state index in [0.717, 1.165) is 5.76 Å². The third-order valence-corrected chi connectivity index (χ3v) is 3.74. The van der Waals surface area contributed by atoms with E-state index >= 15 is 0 Å². The van der Waals surface area contributed by atoms with Crippen LogP contribution in [0.3, 0.4) is 0 Å². The standard InChI is InChI=1S/C17H14Cl2N4O3/c18-11-3-4-14(13(19)8-11)26-10-17(24)21-16-6-5-15(22-23-16)20-9-12-2-1-7-25-12/h1-8H,9-10H2,(H,20,22)(H,21,23,24). The number of carbonyl (C=O) groups is 1. The highest BCUT2D eigenvalue weighted by atomic mass is 35.5. The molecule has 0 aliphatic heterocycles. The Morgan fingerprint density at radius 2 is 1.92 bits per heavy atom. The zero-order valence-electron chi connectivity index (χ0n) is 13.4. The van der Waals surface area contributed by atoms with Gasteiger partial charge in [0.25, 0.3) is 5.91 Å². The number of benzene rings is 1. The summed E-state index contributed by atoms with van der Waals surface area (Å²) < 4.78 is 10.6. The first kappa shape index (κ1) is 18.0. The summed E-state index contributed by atoms with van der Waals surface area (Å²) >= 11 is 11.8. The number of aromatic nitrogens is 2. The SMILES string of the molecule is O=C(COc1ccc(Cl)cc1Cl)Nc1ccc(NCc2ccco2)nn1. The van der Waals surface area contributed by atoms with Gasteiger partial charge in [0.05, 0.1) is 17.8 Å². The van der Waals surface area contributed by atoms with Crippen LogP contribution in [0, 0.1) is 0 Å². The normalized spacial score (nSPS) is 10.4. The molecule has 0 aliphatic carbocycles. The highest BCUT2D eigenvalue weighted by molar-refractivity contribution is 6.35. The first-order valence-electron chi connectivity index (χ1n) is 7.58. The van der Waals surface area contributed by atoms with Crippen molar-refractivity contribution in [1.29, 1.82) is 0 Å². The van der Waals surface area contributed by atoms with Crippen molar-refractivity contribution in [2.45, 2.75) is 6.54 Å². The first-order chi connectivity index (χ1) is 12.6. The number of nitrogens with one attached hydrogen (secondary N) is 2. The second-order valence-electron chi connectivity index (χ2n) is 5.15. The molecule has 26 heavy (non-hydrogen) atoms. The molecule has 9 heteroatoms. The highest BCUT2D eigenvalue weighted by Gasteiger charge is 2.08. The molecule has 0 aliphatic rings. The Labute approximate surface area is 159 Å². The van der Waals surface area contributed by atoms with Gasteiger partial charge in [0, 0.05) is 5.02 Å². The molecule has 7 nitrogen and oxygen atoms in total. The summed E-state index contributed by atoms with van der Waals surface area (Å²) in [5.41, 5.74) is 0. The maximum Gasteiger partial charge on any atom is 0.263 e. The summed E-state index contributed by atoms with van der Waals surface area (Å²) in [6, 6.07) is 11.7. The molecule has 3 rings (SSSR count). The van der Waals surface area contributed by atoms with Gasteiger partial charge in [-0.1, -0.05) is 23.2 Å². The van der Waals surface area contributed by atoms with Gasteiger partial charge in [-0.15, -0.1) is 10.2 Å². The van der Waals surface area contributed by atoms with Gasteiger partial charge in [-0.3, -0.25) is 4.79 Å². The number of hydrogen-bond donors (Lipinski definition) is 2. The fourth-order valence-electron chi connectivity index (χ4n) is 2.00. The van der Waals surface area contributed by atoms with Gasteiger partial charge in [-0.25, -0.2) is 0 Å². The summed E-state index contributed by atoms with van der Waals surface area (Å²) in [7, 11) is 0. The average molecular weight is 393 g/mol. The van der Waals surface area contributed by atoms with Crippen molar-refractivity contribution >= 4 is 40.7 Å². The van der Waals surface area contributed by atoms with E-state index in [9.17, 15) is 4.79 Å². The molecule has 0 saturated heterocycles. The van der Waals surface area contributed by atoms with Gasteiger partial charge >= 0.3 is 0 Å². The van der Waals surface area contributed by atoms with E-state index in [1.165, 1.54) is 6.07 Å². The molecule has 1 amide bonds. The fraction of sp³-hybridized carbons (Fsp3) is 0.118. The van der Waals surface area contributed by atoms with Crippen molar-refractivity contribution in [2.75, 3.05) is 17.2 Å².